The van der Waals surface area contributed by atoms with E-state index in [-0.39, 0.29) is 42.2 Å². The Balaban J connectivity index is 1.57. The molecule has 0 bridgehead atoms. The van der Waals surface area contributed by atoms with Gasteiger partial charge in [-0.25, -0.2) is 4.39 Å². The fraction of sp³-hybridized carbons (Fsp3) is 0.263. The maximum atomic E-state index is 13.1. The lowest BCUT2D eigenvalue weighted by molar-refractivity contribution is -0.384. The Labute approximate surface area is 160 Å². The van der Waals surface area contributed by atoms with Gasteiger partial charge < -0.3 is 15.0 Å². The molecule has 8 nitrogen and oxygen atoms in total. The molecule has 1 aliphatic heterocycles. The van der Waals surface area contributed by atoms with Crippen molar-refractivity contribution in [3.63, 3.8) is 0 Å². The van der Waals surface area contributed by atoms with E-state index in [0.717, 1.165) is 11.6 Å². The van der Waals surface area contributed by atoms with Crippen LogP contribution in [0.5, 0.6) is 0 Å². The number of hydrogen-bond acceptors (Lipinski definition) is 5. The van der Waals surface area contributed by atoms with Gasteiger partial charge in [0.05, 0.1) is 24.6 Å². The summed E-state index contributed by atoms with van der Waals surface area (Å²) in [7, 11) is 0. The Morgan fingerprint density at radius 3 is 2.71 bits per heavy atom. The second-order valence-electron chi connectivity index (χ2n) is 6.24. The Bertz CT molecular complexity index is 887. The fourth-order valence-corrected chi connectivity index (χ4v) is 2.89. The highest BCUT2D eigenvalue weighted by Crippen LogP contribution is 2.22. The van der Waals surface area contributed by atoms with Crippen molar-refractivity contribution >= 4 is 17.5 Å². The van der Waals surface area contributed by atoms with Gasteiger partial charge in [0.1, 0.15) is 11.9 Å². The maximum Gasteiger partial charge on any atom is 0.270 e. The predicted octanol–water partition coefficient (Wildman–Crippen LogP) is 2.06. The molecule has 2 aromatic carbocycles. The molecule has 146 valence electrons. The van der Waals surface area contributed by atoms with E-state index >= 15 is 0 Å². The third kappa shape index (κ3) is 4.68. The zero-order valence-electron chi connectivity index (χ0n) is 14.8. The standard InChI is InChI=1S/C19H18FN3O5/c20-15-6-4-13(5-7-15)17-12-22(8-9-28-17)18(24)11-21-19(25)14-2-1-3-16(10-14)23(26)27/h1-7,10,17H,8-9,11-12H2,(H,21,25). The van der Waals surface area contributed by atoms with Crippen LogP contribution in [0.15, 0.2) is 48.5 Å². The van der Waals surface area contributed by atoms with Crippen LogP contribution in [-0.4, -0.2) is 47.9 Å². The van der Waals surface area contributed by atoms with Gasteiger partial charge in [-0.1, -0.05) is 18.2 Å². The summed E-state index contributed by atoms with van der Waals surface area (Å²) in [5, 5.41) is 13.3. The van der Waals surface area contributed by atoms with Crippen LogP contribution >= 0.6 is 0 Å². The second-order valence-corrected chi connectivity index (χ2v) is 6.24. The number of halogens is 1. The van der Waals surface area contributed by atoms with E-state index in [0.29, 0.717) is 13.2 Å². The summed E-state index contributed by atoms with van der Waals surface area (Å²) in [6.07, 6.45) is -0.370. The smallest absolute Gasteiger partial charge is 0.270 e. The number of nitro benzene ring substituents is 1. The molecule has 9 heteroatoms. The van der Waals surface area contributed by atoms with Gasteiger partial charge in [-0.05, 0) is 23.8 Å². The Hall–Kier alpha value is -3.33. The van der Waals surface area contributed by atoms with Gasteiger partial charge in [0.2, 0.25) is 5.91 Å². The van der Waals surface area contributed by atoms with E-state index in [2.05, 4.69) is 5.32 Å². The first kappa shape index (κ1) is 19.4. The normalized spacial score (nSPS) is 16.5. The molecule has 2 aromatic rings. The third-order valence-electron chi connectivity index (χ3n) is 4.38. The molecule has 0 aromatic heterocycles. The van der Waals surface area contributed by atoms with Gasteiger partial charge in [-0.15, -0.1) is 0 Å². The highest BCUT2D eigenvalue weighted by Gasteiger charge is 2.25. The van der Waals surface area contributed by atoms with Crippen LogP contribution in [0.2, 0.25) is 0 Å². The highest BCUT2D eigenvalue weighted by atomic mass is 19.1. The van der Waals surface area contributed by atoms with Gasteiger partial charge in [0, 0.05) is 24.2 Å². The van der Waals surface area contributed by atoms with Crippen molar-refractivity contribution in [2.24, 2.45) is 0 Å². The van der Waals surface area contributed by atoms with Crippen LogP contribution in [0.1, 0.15) is 22.0 Å². The molecular weight excluding hydrogens is 369 g/mol. The van der Waals surface area contributed by atoms with Crippen molar-refractivity contribution in [3.8, 4) is 0 Å². The molecule has 1 atom stereocenters. The number of non-ortho nitro benzene ring substituents is 1. The average molecular weight is 387 g/mol. The van der Waals surface area contributed by atoms with Crippen LogP contribution in [0, 0.1) is 15.9 Å². The molecule has 2 amide bonds. The third-order valence-corrected chi connectivity index (χ3v) is 4.38. The topological polar surface area (TPSA) is 102 Å². The van der Waals surface area contributed by atoms with Crippen LogP contribution in [0.25, 0.3) is 0 Å². The molecule has 0 spiro atoms. The summed E-state index contributed by atoms with van der Waals surface area (Å²) in [5.41, 5.74) is 0.669. The number of hydrogen-bond donors (Lipinski definition) is 1. The van der Waals surface area contributed by atoms with Crippen LogP contribution in [0.4, 0.5) is 10.1 Å². The van der Waals surface area contributed by atoms with Gasteiger partial charge in [-0.2, -0.15) is 0 Å². The molecule has 1 aliphatic rings. The van der Waals surface area contributed by atoms with E-state index in [9.17, 15) is 24.1 Å². The number of morpholine rings is 1. The molecule has 1 unspecified atom stereocenters. The van der Waals surface area contributed by atoms with Crippen molar-refractivity contribution in [1.29, 1.82) is 0 Å². The van der Waals surface area contributed by atoms with Crippen molar-refractivity contribution in [2.75, 3.05) is 26.2 Å². The minimum Gasteiger partial charge on any atom is -0.370 e. The van der Waals surface area contributed by atoms with E-state index in [4.69, 9.17) is 4.74 Å². The summed E-state index contributed by atoms with van der Waals surface area (Å²) < 4.78 is 18.7. The van der Waals surface area contributed by atoms with E-state index < -0.39 is 10.8 Å². The Morgan fingerprint density at radius 1 is 1.25 bits per heavy atom. The number of carbonyl (C=O) groups excluding carboxylic acids is 2. The molecule has 1 heterocycles. The van der Waals surface area contributed by atoms with E-state index in [1.807, 2.05) is 0 Å². The molecular formula is C19H18FN3O5. The van der Waals surface area contributed by atoms with Gasteiger partial charge >= 0.3 is 0 Å². The lowest BCUT2D eigenvalue weighted by Crippen LogP contribution is -2.46. The molecule has 0 radical (unpaired) electrons. The zero-order valence-corrected chi connectivity index (χ0v) is 14.8. The van der Waals surface area contributed by atoms with Gasteiger partial charge in [-0.3, -0.25) is 19.7 Å². The van der Waals surface area contributed by atoms with E-state index in [1.54, 1.807) is 17.0 Å². The number of benzene rings is 2. The molecule has 1 saturated heterocycles. The maximum absolute atomic E-state index is 13.1. The molecule has 0 saturated carbocycles. The van der Waals surface area contributed by atoms with Crippen LogP contribution in [0.3, 0.4) is 0 Å². The van der Waals surface area contributed by atoms with Crippen molar-refractivity contribution in [1.82, 2.24) is 10.2 Å². The number of amides is 2. The van der Waals surface area contributed by atoms with Gasteiger partial charge in [0.25, 0.3) is 11.6 Å². The summed E-state index contributed by atoms with van der Waals surface area (Å²) in [5.74, 6) is -1.22. The highest BCUT2D eigenvalue weighted by molar-refractivity contribution is 5.96. The van der Waals surface area contributed by atoms with Crippen LogP contribution in [-0.2, 0) is 9.53 Å². The van der Waals surface area contributed by atoms with Crippen LogP contribution < -0.4 is 5.32 Å². The number of nitrogens with one attached hydrogen (secondary N) is 1. The van der Waals surface area contributed by atoms with Gasteiger partial charge in [0.15, 0.2) is 0 Å². The average Bonchev–Trinajstić information content (AvgIpc) is 2.72. The van der Waals surface area contributed by atoms with E-state index in [1.165, 1.54) is 30.3 Å². The lowest BCUT2D eigenvalue weighted by atomic mass is 10.1. The first-order valence-electron chi connectivity index (χ1n) is 8.61. The fourth-order valence-electron chi connectivity index (χ4n) is 2.89. The minimum absolute atomic E-state index is 0.105. The quantitative estimate of drug-likeness (QED) is 0.625. The second kappa shape index (κ2) is 8.57. The largest absolute Gasteiger partial charge is 0.370 e. The molecule has 1 fully saturated rings. The number of rotatable bonds is 5. The number of carbonyl (C=O) groups is 2. The first-order valence-corrected chi connectivity index (χ1v) is 8.61. The summed E-state index contributed by atoms with van der Waals surface area (Å²) in [6, 6.07) is 11.2. The number of nitrogens with zero attached hydrogens (tertiary/aromatic N) is 2. The van der Waals surface area contributed by atoms with Crippen molar-refractivity contribution < 1.29 is 23.6 Å². The molecule has 1 N–H and O–H groups in total. The molecule has 0 aliphatic carbocycles. The zero-order chi connectivity index (χ0) is 20.1. The summed E-state index contributed by atoms with van der Waals surface area (Å²) in [6.45, 7) is 0.755. The Kier molecular flexibility index (Phi) is 5.95. The molecule has 28 heavy (non-hydrogen) atoms. The summed E-state index contributed by atoms with van der Waals surface area (Å²) in [4.78, 5) is 36.4. The predicted molar refractivity (Wildman–Crippen MR) is 97.1 cm³/mol. The lowest BCUT2D eigenvalue weighted by Gasteiger charge is -2.33. The van der Waals surface area contributed by atoms with Crippen molar-refractivity contribution in [2.45, 2.75) is 6.10 Å². The SMILES string of the molecule is O=C(NCC(=O)N1CCOC(c2ccc(F)cc2)C1)c1cccc([N+](=O)[O-])c1. The monoisotopic (exact) mass is 387 g/mol. The molecule has 3 rings (SSSR count). The number of nitro groups is 1. The van der Waals surface area contributed by atoms with Crippen molar-refractivity contribution in [3.05, 3.63) is 75.6 Å². The number of ether oxygens (including phenoxy) is 1. The Morgan fingerprint density at radius 2 is 2.00 bits per heavy atom. The minimum atomic E-state index is -0.592. The first-order chi connectivity index (χ1) is 13.4. The summed E-state index contributed by atoms with van der Waals surface area (Å²) >= 11 is 0.